The molecule has 1 heterocycles. The van der Waals surface area contributed by atoms with Crippen LogP contribution in [-0.2, 0) is 27.1 Å². The van der Waals surface area contributed by atoms with Crippen LogP contribution in [0.15, 0.2) is 13.5 Å². The minimum atomic E-state index is -3.22. The zero-order chi connectivity index (χ0) is 23.3. The average molecular weight is 489 g/mol. The van der Waals surface area contributed by atoms with Crippen LogP contribution >= 0.6 is 23.0 Å². The van der Waals surface area contributed by atoms with Crippen LogP contribution < -0.4 is 0 Å². The Morgan fingerprint density at radius 1 is 0.333 bits per heavy atom. The summed E-state index contributed by atoms with van der Waals surface area (Å²) < 4.78 is 52.2. The van der Waals surface area contributed by atoms with E-state index in [4.69, 9.17) is 40.7 Å². The summed E-state index contributed by atoms with van der Waals surface area (Å²) in [6.07, 6.45) is -1.15. The van der Waals surface area contributed by atoms with Crippen molar-refractivity contribution in [3.05, 3.63) is 0 Å². The first kappa shape index (κ1) is 28.5. The molecule has 180 valence electrons. The number of hydrogen-bond donors (Lipinski definition) is 0. The molecule has 1 rings (SSSR count). The van der Waals surface area contributed by atoms with Gasteiger partial charge in [0.25, 0.3) is 0 Å². The van der Waals surface area contributed by atoms with Gasteiger partial charge in [-0.05, 0) is 83.1 Å². The lowest BCUT2D eigenvalue weighted by Gasteiger charge is -2.36. The van der Waals surface area contributed by atoms with Crippen LogP contribution in [0.1, 0.15) is 83.1 Å². The Labute approximate surface area is 183 Å². The third-order valence-electron chi connectivity index (χ3n) is 2.77. The molecule has 1 aliphatic heterocycles. The van der Waals surface area contributed by atoms with Gasteiger partial charge in [0.2, 0.25) is 0 Å². The van der Waals surface area contributed by atoms with Crippen molar-refractivity contribution in [1.82, 2.24) is 0 Å². The van der Waals surface area contributed by atoms with Crippen molar-refractivity contribution < 1.29 is 27.1 Å². The van der Waals surface area contributed by atoms with E-state index < -0.39 is 23.0 Å². The highest BCUT2D eigenvalue weighted by Crippen LogP contribution is 2.81. The van der Waals surface area contributed by atoms with Gasteiger partial charge in [-0.1, -0.05) is 0 Å². The number of nitrogens with zero attached hydrogens (tertiary/aromatic N) is 3. The Morgan fingerprint density at radius 3 is 0.567 bits per heavy atom. The monoisotopic (exact) mass is 489 g/mol. The van der Waals surface area contributed by atoms with E-state index in [1.165, 1.54) is 0 Å². The van der Waals surface area contributed by atoms with Crippen LogP contribution in [0.4, 0.5) is 0 Å². The van der Waals surface area contributed by atoms with E-state index >= 15 is 0 Å². The van der Waals surface area contributed by atoms with Crippen molar-refractivity contribution in [3.8, 4) is 0 Å². The van der Waals surface area contributed by atoms with Crippen molar-refractivity contribution in [2.24, 2.45) is 13.5 Å². The van der Waals surface area contributed by atoms with E-state index in [1.54, 1.807) is 0 Å². The molecule has 0 atom stereocenters. The van der Waals surface area contributed by atoms with Crippen molar-refractivity contribution in [2.45, 2.75) is 120 Å². The minimum absolute atomic E-state index is 0.192. The first-order valence-corrected chi connectivity index (χ1v) is 15.2. The van der Waals surface area contributed by atoms with Gasteiger partial charge in [0.1, 0.15) is 0 Å². The van der Waals surface area contributed by atoms with Gasteiger partial charge in [-0.2, -0.15) is 0 Å². The maximum absolute atomic E-state index is 6.26. The van der Waals surface area contributed by atoms with Crippen LogP contribution in [0.2, 0.25) is 0 Å². The highest BCUT2D eigenvalue weighted by Gasteiger charge is 2.45. The number of hydrogen-bond acceptors (Lipinski definition) is 9. The van der Waals surface area contributed by atoms with E-state index in [0.29, 0.717) is 0 Å². The van der Waals surface area contributed by atoms with Gasteiger partial charge in [-0.25, -0.2) is 0 Å². The molecule has 0 N–H and O–H groups in total. The predicted octanol–water partition coefficient (Wildman–Crippen LogP) is 8.39. The fourth-order valence-corrected chi connectivity index (χ4v) is 12.7. The second-order valence-corrected chi connectivity index (χ2v) is 15.0. The van der Waals surface area contributed by atoms with Crippen LogP contribution in [0.5, 0.6) is 0 Å². The molecule has 0 fully saturated rings. The van der Waals surface area contributed by atoms with Crippen LogP contribution in [0.3, 0.4) is 0 Å². The molecule has 12 heteroatoms. The molecule has 0 unspecified atom stereocenters. The van der Waals surface area contributed by atoms with Crippen molar-refractivity contribution >= 4 is 23.0 Å². The molecule has 0 spiro atoms. The average Bonchev–Trinajstić information content (AvgIpc) is 2.39. The highest BCUT2D eigenvalue weighted by atomic mass is 31.3. The summed E-state index contributed by atoms with van der Waals surface area (Å²) in [5.74, 6) is 0. The standard InChI is InChI=1S/C18H42N3O6P3/c1-13(2)22-28(23-14(3)4)19-29(24-15(5)6,25-16(7)8)21-30(20-28,26-17(9)10)27-18(11)12/h13-18H,1-12H3. The topological polar surface area (TPSA) is 92.5 Å². The first-order chi connectivity index (χ1) is 13.6. The molecule has 30 heavy (non-hydrogen) atoms. The van der Waals surface area contributed by atoms with Crippen molar-refractivity contribution in [2.75, 3.05) is 0 Å². The van der Waals surface area contributed by atoms with Crippen LogP contribution in [0.25, 0.3) is 0 Å². The second kappa shape index (κ2) is 11.5. The van der Waals surface area contributed by atoms with E-state index in [0.717, 1.165) is 0 Å². The lowest BCUT2D eigenvalue weighted by atomic mass is 10.5. The molecule has 0 amide bonds. The second-order valence-electron chi connectivity index (χ2n) is 8.67. The molecule has 0 aliphatic carbocycles. The largest absolute Gasteiger partial charge is 0.349 e. The predicted molar refractivity (Wildman–Crippen MR) is 125 cm³/mol. The Morgan fingerprint density at radius 2 is 0.467 bits per heavy atom. The van der Waals surface area contributed by atoms with Gasteiger partial charge in [0.15, 0.2) is 0 Å². The lowest BCUT2D eigenvalue weighted by molar-refractivity contribution is 0.149. The molecule has 0 saturated carbocycles. The van der Waals surface area contributed by atoms with E-state index in [2.05, 4.69) is 0 Å². The van der Waals surface area contributed by atoms with Crippen LogP contribution in [-0.4, -0.2) is 36.6 Å². The summed E-state index contributed by atoms with van der Waals surface area (Å²) in [6, 6.07) is 0. The summed E-state index contributed by atoms with van der Waals surface area (Å²) in [5.41, 5.74) is 0. The maximum Gasteiger partial charge on any atom is 0.349 e. The Kier molecular flexibility index (Phi) is 11.0. The molecule has 0 bridgehead atoms. The zero-order valence-electron chi connectivity index (χ0n) is 20.6. The number of rotatable bonds is 12. The summed E-state index contributed by atoms with van der Waals surface area (Å²) in [6.45, 7) is 23.0. The molecular weight excluding hydrogens is 447 g/mol. The Bertz CT molecular complexity index is 566. The molecule has 0 aromatic rings. The summed E-state index contributed by atoms with van der Waals surface area (Å²) in [5, 5.41) is 0. The summed E-state index contributed by atoms with van der Waals surface area (Å²) in [7, 11) is -9.65. The van der Waals surface area contributed by atoms with Gasteiger partial charge in [0.05, 0.1) is 36.6 Å². The lowest BCUT2D eigenvalue weighted by Crippen LogP contribution is -2.14. The van der Waals surface area contributed by atoms with Crippen molar-refractivity contribution in [1.29, 1.82) is 0 Å². The molecule has 9 nitrogen and oxygen atoms in total. The Balaban J connectivity index is 4.00. The molecule has 0 aromatic heterocycles. The molecule has 1 aliphatic rings. The SMILES string of the molecule is CC(C)OP1(OC(C)C)=NP(OC(C)C)(OC(C)C)=NP(OC(C)C)(OC(C)C)=N1. The maximum atomic E-state index is 6.26. The van der Waals surface area contributed by atoms with Crippen molar-refractivity contribution in [3.63, 3.8) is 0 Å². The van der Waals surface area contributed by atoms with Gasteiger partial charge in [-0.3, -0.25) is 0 Å². The smallest absolute Gasteiger partial charge is 0.304 e. The summed E-state index contributed by atoms with van der Waals surface area (Å²) in [4.78, 5) is 0. The third-order valence-corrected chi connectivity index (χ3v) is 12.4. The quantitative estimate of drug-likeness (QED) is 0.256. The Hall–Kier alpha value is 0.450. The molecular formula is C18H42N3O6P3. The molecule has 0 saturated heterocycles. The normalized spacial score (nSPS) is 20.2. The first-order valence-electron chi connectivity index (χ1n) is 10.6. The fourth-order valence-electron chi connectivity index (χ4n) is 2.46. The van der Waals surface area contributed by atoms with E-state index in [9.17, 15) is 0 Å². The highest BCUT2D eigenvalue weighted by molar-refractivity contribution is 7.78. The summed E-state index contributed by atoms with van der Waals surface area (Å²) >= 11 is 0. The van der Waals surface area contributed by atoms with Gasteiger partial charge in [0, 0.05) is 0 Å². The minimum Gasteiger partial charge on any atom is -0.304 e. The van der Waals surface area contributed by atoms with E-state index in [1.807, 2.05) is 83.1 Å². The molecule has 0 aromatic carbocycles. The molecule has 0 radical (unpaired) electrons. The van der Waals surface area contributed by atoms with Gasteiger partial charge in [-0.15, -0.1) is 13.5 Å². The zero-order valence-corrected chi connectivity index (χ0v) is 23.3. The van der Waals surface area contributed by atoms with Crippen LogP contribution in [0, 0.1) is 0 Å². The fraction of sp³-hybridized carbons (Fsp3) is 1.00. The third kappa shape index (κ3) is 9.13. The van der Waals surface area contributed by atoms with E-state index in [-0.39, 0.29) is 36.6 Å². The van der Waals surface area contributed by atoms with Gasteiger partial charge >= 0.3 is 23.0 Å². The van der Waals surface area contributed by atoms with Gasteiger partial charge < -0.3 is 27.1 Å².